The van der Waals surface area contributed by atoms with Gasteiger partial charge in [-0.15, -0.1) is 0 Å². The number of anilines is 4. The molecule has 9 heteroatoms. The van der Waals surface area contributed by atoms with E-state index in [4.69, 9.17) is 10.5 Å². The Kier molecular flexibility index (Phi) is 10.5. The number of nitrogens with zero attached hydrogens (tertiary/aromatic N) is 4. The number of rotatable bonds is 11. The molecule has 8 nitrogen and oxygen atoms in total. The number of guanidine groups is 1. The molecule has 0 amide bonds. The highest BCUT2D eigenvalue weighted by Gasteiger charge is 2.15. The third-order valence-corrected chi connectivity index (χ3v) is 5.52. The van der Waals surface area contributed by atoms with Crippen LogP contribution in [0.5, 0.6) is 5.75 Å². The van der Waals surface area contributed by atoms with Crippen LogP contribution in [0.25, 0.3) is 6.08 Å². The normalized spacial score (nSPS) is 11.9. The number of methoxy groups -OCH3 is 1. The molecule has 0 unspecified atom stereocenters. The lowest BCUT2D eigenvalue weighted by atomic mass is 10.0. The van der Waals surface area contributed by atoms with E-state index in [-0.39, 0.29) is 5.96 Å². The third kappa shape index (κ3) is 7.08. The Labute approximate surface area is 214 Å². The van der Waals surface area contributed by atoms with E-state index in [1.807, 2.05) is 40.2 Å². The van der Waals surface area contributed by atoms with Crippen LogP contribution in [-0.4, -0.2) is 71.5 Å². The molecule has 0 aliphatic rings. The molecule has 4 N–H and O–H groups in total. The van der Waals surface area contributed by atoms with E-state index in [0.717, 1.165) is 18.8 Å². The predicted molar refractivity (Wildman–Crippen MR) is 154 cm³/mol. The standard InChI is InChI=1S/C27H38FN7O/c1-9-19-20(28)14-18(15-23(19)31-11-3)22(10-2)32-27(30-4)33-24-16-21(29)25(17-26(24)36-8)35(7)13-12-34(5)6/h9-10,14-17,31H,1-2,11-13,29H2,3-8H3,(H,30,33)/b32-22+. The monoisotopic (exact) mass is 495 g/mol. The maximum absolute atomic E-state index is 14.8. The van der Waals surface area contributed by atoms with Gasteiger partial charge in [0.2, 0.25) is 5.96 Å². The summed E-state index contributed by atoms with van der Waals surface area (Å²) in [5.74, 6) is 0.470. The van der Waals surface area contributed by atoms with Crippen molar-refractivity contribution in [1.82, 2.24) is 4.90 Å². The fourth-order valence-electron chi connectivity index (χ4n) is 3.56. The largest absolute Gasteiger partial charge is 0.494 e. The first-order chi connectivity index (χ1) is 17.2. The van der Waals surface area contributed by atoms with Gasteiger partial charge in [-0.1, -0.05) is 19.2 Å². The van der Waals surface area contributed by atoms with E-state index < -0.39 is 5.82 Å². The summed E-state index contributed by atoms with van der Waals surface area (Å²) in [6.07, 6.45) is 3.04. The van der Waals surface area contributed by atoms with Crippen molar-refractivity contribution in [2.75, 3.05) is 76.2 Å². The SMILES string of the molecule is C=C/C(=N\C(=NC)Nc1cc(N)c(N(C)CCN(C)C)cc1OC)c1cc(F)c(C=C)c(NCC)c1. The second-order valence-corrected chi connectivity index (χ2v) is 8.36. The molecule has 2 aromatic rings. The van der Waals surface area contributed by atoms with Crippen molar-refractivity contribution in [3.8, 4) is 5.75 Å². The highest BCUT2D eigenvalue weighted by atomic mass is 19.1. The molecule has 2 aromatic carbocycles. The third-order valence-electron chi connectivity index (χ3n) is 5.52. The Balaban J connectivity index is 2.41. The van der Waals surface area contributed by atoms with Crippen molar-refractivity contribution in [1.29, 1.82) is 0 Å². The molecule has 0 radical (unpaired) electrons. The molecule has 0 aromatic heterocycles. The van der Waals surface area contributed by atoms with Gasteiger partial charge >= 0.3 is 0 Å². The highest BCUT2D eigenvalue weighted by Crippen LogP contribution is 2.35. The van der Waals surface area contributed by atoms with Gasteiger partial charge in [-0.05, 0) is 45.3 Å². The van der Waals surface area contributed by atoms with Gasteiger partial charge in [-0.25, -0.2) is 9.38 Å². The van der Waals surface area contributed by atoms with Gasteiger partial charge in [0.15, 0.2) is 0 Å². The summed E-state index contributed by atoms with van der Waals surface area (Å²) in [6, 6.07) is 6.89. The number of ether oxygens (including phenoxy) is 1. The zero-order valence-corrected chi connectivity index (χ0v) is 22.2. The number of nitrogens with one attached hydrogen (secondary N) is 2. The minimum Gasteiger partial charge on any atom is -0.494 e. The van der Waals surface area contributed by atoms with Gasteiger partial charge in [0, 0.05) is 56.6 Å². The molecule has 194 valence electrons. The van der Waals surface area contributed by atoms with Crippen LogP contribution in [0.4, 0.5) is 27.1 Å². The van der Waals surface area contributed by atoms with Gasteiger partial charge in [0.05, 0.1) is 29.9 Å². The molecule has 0 heterocycles. The lowest BCUT2D eigenvalue weighted by Gasteiger charge is -2.24. The Morgan fingerprint density at radius 1 is 1.14 bits per heavy atom. The summed E-state index contributed by atoms with van der Waals surface area (Å²) in [6.45, 7) is 11.8. The summed E-state index contributed by atoms with van der Waals surface area (Å²) in [5.41, 5.74) is 10.5. The van der Waals surface area contributed by atoms with Crippen molar-refractivity contribution < 1.29 is 9.13 Å². The lowest BCUT2D eigenvalue weighted by Crippen LogP contribution is -2.29. The minimum absolute atomic E-state index is 0.287. The Hall–Kier alpha value is -3.85. The molecule has 36 heavy (non-hydrogen) atoms. The Bertz CT molecular complexity index is 1140. The molecule has 2 rings (SSSR count). The molecule has 0 aliphatic carbocycles. The number of halogens is 1. The van der Waals surface area contributed by atoms with E-state index in [1.165, 1.54) is 12.1 Å². The number of allylic oxidation sites excluding steroid dienone is 1. The average molecular weight is 496 g/mol. The van der Waals surface area contributed by atoms with Crippen LogP contribution in [-0.2, 0) is 0 Å². The smallest absolute Gasteiger partial charge is 0.222 e. The van der Waals surface area contributed by atoms with Crippen molar-refractivity contribution in [2.24, 2.45) is 9.98 Å². The molecular weight excluding hydrogens is 457 g/mol. The molecule has 0 aliphatic heterocycles. The maximum Gasteiger partial charge on any atom is 0.222 e. The summed E-state index contributed by atoms with van der Waals surface area (Å²) >= 11 is 0. The molecule has 0 fully saturated rings. The van der Waals surface area contributed by atoms with Gasteiger partial charge in [-0.3, -0.25) is 4.99 Å². The van der Waals surface area contributed by atoms with E-state index in [2.05, 4.69) is 43.6 Å². The predicted octanol–water partition coefficient (Wildman–Crippen LogP) is 4.56. The number of hydrogen-bond donors (Lipinski definition) is 3. The second-order valence-electron chi connectivity index (χ2n) is 8.36. The Morgan fingerprint density at radius 3 is 2.42 bits per heavy atom. The molecule has 0 saturated heterocycles. The van der Waals surface area contributed by atoms with Crippen molar-refractivity contribution in [2.45, 2.75) is 6.92 Å². The van der Waals surface area contributed by atoms with Gasteiger partial charge < -0.3 is 30.9 Å². The molecule has 0 spiro atoms. The van der Waals surface area contributed by atoms with Crippen LogP contribution >= 0.6 is 0 Å². The highest BCUT2D eigenvalue weighted by molar-refractivity contribution is 6.16. The summed E-state index contributed by atoms with van der Waals surface area (Å²) in [7, 11) is 9.24. The first kappa shape index (κ1) is 28.4. The van der Waals surface area contributed by atoms with Gasteiger partial charge in [0.1, 0.15) is 11.6 Å². The zero-order valence-electron chi connectivity index (χ0n) is 22.2. The van der Waals surface area contributed by atoms with Crippen LogP contribution in [0, 0.1) is 5.82 Å². The van der Waals surface area contributed by atoms with Gasteiger partial charge in [-0.2, -0.15) is 0 Å². The fourth-order valence-corrected chi connectivity index (χ4v) is 3.56. The van der Waals surface area contributed by atoms with E-state index in [0.29, 0.717) is 46.2 Å². The number of nitrogens with two attached hydrogens (primary N) is 1. The van der Waals surface area contributed by atoms with E-state index in [1.54, 1.807) is 26.3 Å². The molecule has 0 atom stereocenters. The summed E-state index contributed by atoms with van der Waals surface area (Å²) < 4.78 is 20.4. The number of likely N-dealkylation sites (N-methyl/N-ethyl adjacent to an activating group) is 2. The minimum atomic E-state index is -0.403. The van der Waals surface area contributed by atoms with Crippen LogP contribution in [0.1, 0.15) is 18.1 Å². The van der Waals surface area contributed by atoms with E-state index >= 15 is 0 Å². The lowest BCUT2D eigenvalue weighted by molar-refractivity contribution is 0.413. The fraction of sp³-hybridized carbons (Fsp3) is 0.333. The van der Waals surface area contributed by atoms with Crippen LogP contribution in [0.15, 0.2) is 53.5 Å². The van der Waals surface area contributed by atoms with Crippen LogP contribution in [0.2, 0.25) is 0 Å². The second kappa shape index (κ2) is 13.3. The summed E-state index contributed by atoms with van der Waals surface area (Å²) in [5, 5.41) is 6.34. The van der Waals surface area contributed by atoms with Crippen LogP contribution < -0.4 is 26.0 Å². The van der Waals surface area contributed by atoms with Crippen molar-refractivity contribution in [3.05, 3.63) is 60.4 Å². The van der Waals surface area contributed by atoms with Crippen molar-refractivity contribution >= 4 is 40.5 Å². The first-order valence-corrected chi connectivity index (χ1v) is 11.7. The molecule has 0 bridgehead atoms. The number of hydrogen-bond acceptors (Lipinski definition) is 6. The zero-order chi connectivity index (χ0) is 26.8. The number of aliphatic imine (C=N–C) groups is 2. The van der Waals surface area contributed by atoms with Gasteiger partial charge in [0.25, 0.3) is 0 Å². The van der Waals surface area contributed by atoms with Crippen LogP contribution in [0.3, 0.4) is 0 Å². The average Bonchev–Trinajstić information content (AvgIpc) is 2.85. The van der Waals surface area contributed by atoms with Crippen molar-refractivity contribution in [3.63, 3.8) is 0 Å². The molecule has 0 saturated carbocycles. The topological polar surface area (TPSA) is 90.5 Å². The first-order valence-electron chi connectivity index (χ1n) is 11.7. The molecular formula is C27H38FN7O. The summed E-state index contributed by atoms with van der Waals surface area (Å²) in [4.78, 5) is 13.0. The quantitative estimate of drug-likeness (QED) is 0.241. The van der Waals surface area contributed by atoms with E-state index in [9.17, 15) is 4.39 Å². The number of nitrogen functional groups attached to an aromatic ring is 1. The Morgan fingerprint density at radius 2 is 1.86 bits per heavy atom. The number of benzene rings is 2. The maximum atomic E-state index is 14.8.